The van der Waals surface area contributed by atoms with E-state index in [1.807, 2.05) is 4.72 Å². The van der Waals surface area contributed by atoms with E-state index in [1.165, 1.54) is 38.2 Å². The van der Waals surface area contributed by atoms with Crippen molar-refractivity contribution in [3.63, 3.8) is 0 Å². The Bertz CT molecular complexity index is 850. The van der Waals surface area contributed by atoms with Crippen LogP contribution in [0.5, 0.6) is 5.75 Å². The third-order valence-electron chi connectivity index (χ3n) is 3.10. The molecule has 126 valence electrons. The number of hydrogen-bond acceptors (Lipinski definition) is 6. The number of ether oxygens (including phenoxy) is 1. The van der Waals surface area contributed by atoms with Crippen LogP contribution >= 0.6 is 0 Å². The van der Waals surface area contributed by atoms with Gasteiger partial charge in [-0.15, -0.1) is 0 Å². The van der Waals surface area contributed by atoms with Crippen molar-refractivity contribution in [2.75, 3.05) is 0 Å². The highest BCUT2D eigenvalue weighted by atomic mass is 32.2. The van der Waals surface area contributed by atoms with E-state index in [4.69, 9.17) is 4.74 Å². The van der Waals surface area contributed by atoms with Gasteiger partial charge in [0.05, 0.1) is 0 Å². The van der Waals surface area contributed by atoms with E-state index in [-0.39, 0.29) is 10.7 Å². The number of carbonyl (C=O) groups is 2. The summed E-state index contributed by atoms with van der Waals surface area (Å²) in [4.78, 5) is 27.0. The van der Waals surface area contributed by atoms with E-state index >= 15 is 0 Å². The van der Waals surface area contributed by atoms with E-state index in [0.717, 1.165) is 6.20 Å². The quantitative estimate of drug-likeness (QED) is 0.795. The number of pyridine rings is 1. The van der Waals surface area contributed by atoms with Gasteiger partial charge >= 0.3 is 0 Å². The molecule has 1 aromatic heterocycles. The van der Waals surface area contributed by atoms with Gasteiger partial charge in [0.1, 0.15) is 10.6 Å². The molecule has 0 aliphatic rings. The first-order valence-electron chi connectivity index (χ1n) is 7.04. The summed E-state index contributed by atoms with van der Waals surface area (Å²) in [6.45, 7) is 2.82. The average molecular weight is 348 g/mol. The second kappa shape index (κ2) is 7.22. The van der Waals surface area contributed by atoms with Crippen molar-refractivity contribution >= 4 is 21.7 Å². The minimum Gasteiger partial charge on any atom is -0.481 e. The zero-order valence-electron chi connectivity index (χ0n) is 13.1. The van der Waals surface area contributed by atoms with Gasteiger partial charge in [0, 0.05) is 18.0 Å². The number of nitrogens with one attached hydrogen (secondary N) is 1. The number of hydrogen-bond donors (Lipinski definition) is 1. The van der Waals surface area contributed by atoms with Crippen molar-refractivity contribution in [2.24, 2.45) is 0 Å². The van der Waals surface area contributed by atoms with Crippen molar-refractivity contribution in [1.82, 2.24) is 9.71 Å². The number of ketones is 1. The third kappa shape index (κ3) is 4.39. The van der Waals surface area contributed by atoms with Crippen LogP contribution in [0.2, 0.25) is 0 Å². The van der Waals surface area contributed by atoms with Crippen LogP contribution in [-0.4, -0.2) is 31.2 Å². The summed E-state index contributed by atoms with van der Waals surface area (Å²) in [6.07, 6.45) is 1.49. The van der Waals surface area contributed by atoms with Gasteiger partial charge in [-0.2, -0.15) is 0 Å². The molecule has 1 atom stereocenters. The van der Waals surface area contributed by atoms with Gasteiger partial charge in [-0.05, 0) is 38.1 Å². The number of aromatic nitrogens is 1. The number of benzene rings is 1. The van der Waals surface area contributed by atoms with E-state index in [9.17, 15) is 18.0 Å². The topological polar surface area (TPSA) is 102 Å². The number of rotatable bonds is 6. The van der Waals surface area contributed by atoms with E-state index in [0.29, 0.717) is 11.3 Å². The highest BCUT2D eigenvalue weighted by Crippen LogP contribution is 2.16. The molecule has 24 heavy (non-hydrogen) atoms. The molecule has 2 aromatic rings. The van der Waals surface area contributed by atoms with Gasteiger partial charge < -0.3 is 4.74 Å². The Kier molecular flexibility index (Phi) is 5.30. The lowest BCUT2D eigenvalue weighted by Gasteiger charge is -2.15. The molecule has 0 saturated carbocycles. The lowest BCUT2D eigenvalue weighted by atomic mass is 10.1. The van der Waals surface area contributed by atoms with Crippen LogP contribution < -0.4 is 9.46 Å². The predicted octanol–water partition coefficient (Wildman–Crippen LogP) is 1.56. The molecule has 2 rings (SSSR count). The van der Waals surface area contributed by atoms with Crippen LogP contribution in [0, 0.1) is 0 Å². The predicted molar refractivity (Wildman–Crippen MR) is 86.1 cm³/mol. The van der Waals surface area contributed by atoms with Gasteiger partial charge in [0.2, 0.25) is 0 Å². The maximum Gasteiger partial charge on any atom is 0.274 e. The maximum atomic E-state index is 12.1. The van der Waals surface area contributed by atoms with Gasteiger partial charge in [-0.1, -0.05) is 12.1 Å². The fourth-order valence-corrected chi connectivity index (χ4v) is 2.83. The Labute approximate surface area is 139 Å². The van der Waals surface area contributed by atoms with Crippen molar-refractivity contribution < 1.29 is 22.7 Å². The summed E-state index contributed by atoms with van der Waals surface area (Å²) in [5.74, 6) is -0.673. The lowest BCUT2D eigenvalue weighted by Crippen LogP contribution is -2.40. The molecule has 1 amide bonds. The minimum absolute atomic E-state index is 0.121. The molecule has 1 N–H and O–H groups in total. The summed E-state index contributed by atoms with van der Waals surface area (Å²) in [7, 11) is -4.01. The zero-order valence-corrected chi connectivity index (χ0v) is 13.9. The van der Waals surface area contributed by atoms with Crippen LogP contribution in [0.1, 0.15) is 24.2 Å². The molecule has 1 heterocycles. The van der Waals surface area contributed by atoms with Crippen molar-refractivity contribution in [1.29, 1.82) is 0 Å². The summed E-state index contributed by atoms with van der Waals surface area (Å²) >= 11 is 0. The molecule has 0 spiro atoms. The van der Waals surface area contributed by atoms with Crippen LogP contribution in [0.3, 0.4) is 0 Å². The highest BCUT2D eigenvalue weighted by molar-refractivity contribution is 7.90. The molecule has 0 aliphatic heterocycles. The standard InChI is InChI=1S/C16H16N2O5S/c1-11(19)13-5-3-6-14(9-13)23-12(2)16(20)18-24(21,22)15-7-4-8-17-10-15/h3-10,12H,1-2H3,(H,18,20)/t12-/m1/s1. The van der Waals surface area contributed by atoms with E-state index in [1.54, 1.807) is 18.2 Å². The number of sulfonamides is 1. The molecule has 0 bridgehead atoms. The average Bonchev–Trinajstić information content (AvgIpc) is 2.55. The normalized spacial score (nSPS) is 12.2. The van der Waals surface area contributed by atoms with Gasteiger partial charge in [-0.3, -0.25) is 14.6 Å². The second-order valence-electron chi connectivity index (χ2n) is 5.00. The van der Waals surface area contributed by atoms with Crippen molar-refractivity contribution in [3.05, 3.63) is 54.4 Å². The van der Waals surface area contributed by atoms with Gasteiger partial charge in [-0.25, -0.2) is 13.1 Å². The Balaban J connectivity index is 2.07. The summed E-state index contributed by atoms with van der Waals surface area (Å²) in [6, 6.07) is 9.07. The first kappa shape index (κ1) is 17.6. The van der Waals surface area contributed by atoms with Crippen molar-refractivity contribution in [3.8, 4) is 5.75 Å². The Morgan fingerprint density at radius 1 is 1.21 bits per heavy atom. The molecule has 0 saturated heterocycles. The van der Waals surface area contributed by atoms with Crippen LogP contribution in [-0.2, 0) is 14.8 Å². The maximum absolute atomic E-state index is 12.1. The number of carbonyl (C=O) groups excluding carboxylic acids is 2. The number of amides is 1. The Hall–Kier alpha value is -2.74. The third-order valence-corrected chi connectivity index (χ3v) is 4.43. The van der Waals surface area contributed by atoms with E-state index < -0.39 is 22.0 Å². The molecular formula is C16H16N2O5S. The van der Waals surface area contributed by atoms with E-state index in [2.05, 4.69) is 4.98 Å². The van der Waals surface area contributed by atoms with Crippen LogP contribution in [0.15, 0.2) is 53.7 Å². The molecule has 0 radical (unpaired) electrons. The first-order valence-corrected chi connectivity index (χ1v) is 8.52. The van der Waals surface area contributed by atoms with Crippen molar-refractivity contribution in [2.45, 2.75) is 24.8 Å². The summed E-state index contributed by atoms with van der Waals surface area (Å²) < 4.78 is 31.5. The Morgan fingerprint density at radius 3 is 2.58 bits per heavy atom. The summed E-state index contributed by atoms with van der Waals surface area (Å²) in [5, 5.41) is 0. The highest BCUT2D eigenvalue weighted by Gasteiger charge is 2.23. The van der Waals surface area contributed by atoms with Gasteiger partial charge in [0.15, 0.2) is 11.9 Å². The summed E-state index contributed by atoms with van der Waals surface area (Å²) in [5.41, 5.74) is 0.433. The lowest BCUT2D eigenvalue weighted by molar-refractivity contribution is -0.125. The fourth-order valence-electron chi connectivity index (χ4n) is 1.83. The largest absolute Gasteiger partial charge is 0.481 e. The van der Waals surface area contributed by atoms with Gasteiger partial charge in [0.25, 0.3) is 15.9 Å². The molecule has 1 aromatic carbocycles. The van der Waals surface area contributed by atoms with Crippen LogP contribution in [0.4, 0.5) is 0 Å². The zero-order chi connectivity index (χ0) is 17.7. The molecular weight excluding hydrogens is 332 g/mol. The molecule has 8 heteroatoms. The minimum atomic E-state index is -4.01. The molecule has 0 aliphatic carbocycles. The second-order valence-corrected chi connectivity index (χ2v) is 6.68. The SMILES string of the molecule is CC(=O)c1cccc(O[C@H](C)C(=O)NS(=O)(=O)c2cccnc2)c1. The van der Waals surface area contributed by atoms with Crippen LogP contribution in [0.25, 0.3) is 0 Å². The molecule has 7 nitrogen and oxygen atoms in total. The first-order chi connectivity index (χ1) is 11.3. The Morgan fingerprint density at radius 2 is 1.96 bits per heavy atom. The fraction of sp³-hybridized carbons (Fsp3) is 0.188. The number of nitrogens with zero attached hydrogens (tertiary/aromatic N) is 1. The molecule has 0 unspecified atom stereocenters. The molecule has 0 fully saturated rings. The number of Topliss-reactive ketones (excluding diaryl/α,β-unsaturated/α-hetero) is 1. The monoisotopic (exact) mass is 348 g/mol. The smallest absolute Gasteiger partial charge is 0.274 e.